The maximum atomic E-state index is 5.46. The molecule has 2 fully saturated rings. The number of hydrogen-bond donors (Lipinski definition) is 2. The summed E-state index contributed by atoms with van der Waals surface area (Å²) in [4.78, 5) is 0. The third-order valence-corrected chi connectivity index (χ3v) is 3.51. The quantitative estimate of drug-likeness (QED) is 0.736. The van der Waals surface area contributed by atoms with E-state index in [0.29, 0.717) is 12.1 Å². The average Bonchev–Trinajstić information content (AvgIpc) is 2.71. The lowest BCUT2D eigenvalue weighted by molar-refractivity contribution is 0.0708. The molecule has 0 spiro atoms. The minimum atomic E-state index is 0.558. The van der Waals surface area contributed by atoms with Gasteiger partial charge in [-0.2, -0.15) is 0 Å². The highest BCUT2D eigenvalue weighted by atomic mass is 16.5. The lowest BCUT2D eigenvalue weighted by Gasteiger charge is -2.28. The Morgan fingerprint density at radius 3 is 2.87 bits per heavy atom. The summed E-state index contributed by atoms with van der Waals surface area (Å²) >= 11 is 0. The van der Waals surface area contributed by atoms with Crippen molar-refractivity contribution in [2.45, 2.75) is 57.2 Å². The third-order valence-electron chi connectivity index (χ3n) is 3.51. The maximum Gasteiger partial charge on any atom is 0.0620 e. The predicted octanol–water partition coefficient (Wildman–Crippen LogP) is 1.29. The topological polar surface area (TPSA) is 33.3 Å². The van der Waals surface area contributed by atoms with Gasteiger partial charge in [-0.25, -0.2) is 0 Å². The van der Waals surface area contributed by atoms with Crippen LogP contribution >= 0.6 is 0 Å². The van der Waals surface area contributed by atoms with Crippen LogP contribution in [-0.2, 0) is 4.74 Å². The highest BCUT2D eigenvalue weighted by Crippen LogP contribution is 2.18. The first-order chi connectivity index (χ1) is 7.34. The highest BCUT2D eigenvalue weighted by molar-refractivity contribution is 4.80. The van der Waals surface area contributed by atoms with Crippen LogP contribution in [0.1, 0.15) is 39.0 Å². The van der Waals surface area contributed by atoms with Crippen molar-refractivity contribution in [1.82, 2.24) is 10.6 Å². The molecular formula is C12H24N2O. The van der Waals surface area contributed by atoms with Gasteiger partial charge in [0.15, 0.2) is 0 Å². The Hall–Kier alpha value is -0.120. The Morgan fingerprint density at radius 2 is 2.20 bits per heavy atom. The Morgan fingerprint density at radius 1 is 1.40 bits per heavy atom. The van der Waals surface area contributed by atoms with Gasteiger partial charge in [-0.15, -0.1) is 0 Å². The molecule has 2 aliphatic rings. The summed E-state index contributed by atoms with van der Waals surface area (Å²) in [7, 11) is 0. The van der Waals surface area contributed by atoms with E-state index >= 15 is 0 Å². The Balaban J connectivity index is 1.64. The van der Waals surface area contributed by atoms with Crippen LogP contribution in [0.25, 0.3) is 0 Å². The van der Waals surface area contributed by atoms with Crippen LogP contribution < -0.4 is 10.6 Å². The fourth-order valence-corrected chi connectivity index (χ4v) is 2.76. The highest BCUT2D eigenvalue weighted by Gasteiger charge is 2.20. The molecule has 2 atom stereocenters. The van der Waals surface area contributed by atoms with Crippen LogP contribution in [0, 0.1) is 0 Å². The van der Waals surface area contributed by atoms with Crippen molar-refractivity contribution in [2.75, 3.05) is 19.8 Å². The van der Waals surface area contributed by atoms with Gasteiger partial charge in [0.05, 0.1) is 13.2 Å². The monoisotopic (exact) mass is 212 g/mol. The molecule has 1 heterocycles. The first kappa shape index (κ1) is 11.4. The van der Waals surface area contributed by atoms with Gasteiger partial charge in [-0.05, 0) is 26.2 Å². The molecule has 88 valence electrons. The van der Waals surface area contributed by atoms with E-state index in [0.717, 1.165) is 25.8 Å². The Labute approximate surface area is 93.0 Å². The molecule has 0 amide bonds. The molecule has 2 N–H and O–H groups in total. The van der Waals surface area contributed by atoms with E-state index < -0.39 is 0 Å². The summed E-state index contributed by atoms with van der Waals surface area (Å²) in [5.41, 5.74) is 0. The van der Waals surface area contributed by atoms with Crippen molar-refractivity contribution < 1.29 is 4.74 Å². The average molecular weight is 212 g/mol. The van der Waals surface area contributed by atoms with Gasteiger partial charge in [-0.3, -0.25) is 0 Å². The second kappa shape index (κ2) is 5.83. The molecule has 0 aromatic heterocycles. The molecule has 0 aromatic carbocycles. The number of nitrogens with one attached hydrogen (secondary N) is 2. The van der Waals surface area contributed by atoms with E-state index in [1.807, 2.05) is 0 Å². The molecular weight excluding hydrogens is 188 g/mol. The fourth-order valence-electron chi connectivity index (χ4n) is 2.76. The fraction of sp³-hybridized carbons (Fsp3) is 1.00. The van der Waals surface area contributed by atoms with Crippen molar-refractivity contribution >= 4 is 0 Å². The zero-order valence-electron chi connectivity index (χ0n) is 9.80. The van der Waals surface area contributed by atoms with Crippen LogP contribution in [0.4, 0.5) is 0 Å². The van der Waals surface area contributed by atoms with Crippen LogP contribution in [0.3, 0.4) is 0 Å². The maximum absolute atomic E-state index is 5.46. The SMILES string of the molecule is CC(CC1COCCN1)NC1CCCC1. The molecule has 1 saturated carbocycles. The molecule has 1 aliphatic heterocycles. The van der Waals surface area contributed by atoms with Gasteiger partial charge in [-0.1, -0.05) is 12.8 Å². The summed E-state index contributed by atoms with van der Waals surface area (Å²) < 4.78 is 5.46. The van der Waals surface area contributed by atoms with Gasteiger partial charge in [0.1, 0.15) is 0 Å². The standard InChI is InChI=1S/C12H24N2O/c1-10(14-11-4-2-3-5-11)8-12-9-15-7-6-13-12/h10-14H,2-9H2,1H3. The van der Waals surface area contributed by atoms with E-state index in [4.69, 9.17) is 4.74 Å². The molecule has 2 rings (SSSR count). The second-order valence-corrected chi connectivity index (χ2v) is 5.01. The van der Waals surface area contributed by atoms with E-state index in [9.17, 15) is 0 Å². The van der Waals surface area contributed by atoms with Gasteiger partial charge in [0, 0.05) is 24.7 Å². The molecule has 1 saturated heterocycles. The summed E-state index contributed by atoms with van der Waals surface area (Å²) in [5, 5.41) is 7.24. The lowest BCUT2D eigenvalue weighted by atomic mass is 10.1. The van der Waals surface area contributed by atoms with Crippen LogP contribution in [0.5, 0.6) is 0 Å². The molecule has 0 radical (unpaired) electrons. The minimum Gasteiger partial charge on any atom is -0.379 e. The smallest absolute Gasteiger partial charge is 0.0620 e. The van der Waals surface area contributed by atoms with Crippen LogP contribution in [0.2, 0.25) is 0 Å². The molecule has 0 bridgehead atoms. The van der Waals surface area contributed by atoms with Crippen molar-refractivity contribution in [3.8, 4) is 0 Å². The van der Waals surface area contributed by atoms with Gasteiger partial charge < -0.3 is 15.4 Å². The summed E-state index contributed by atoms with van der Waals surface area (Å²) in [6.45, 7) is 5.08. The second-order valence-electron chi connectivity index (χ2n) is 5.01. The zero-order valence-corrected chi connectivity index (χ0v) is 9.80. The lowest BCUT2D eigenvalue weighted by Crippen LogP contribution is -2.46. The van der Waals surface area contributed by atoms with E-state index in [1.54, 1.807) is 0 Å². The summed E-state index contributed by atoms with van der Waals surface area (Å²) in [6, 6.07) is 1.96. The summed E-state index contributed by atoms with van der Waals surface area (Å²) in [6.07, 6.45) is 6.76. The van der Waals surface area contributed by atoms with E-state index in [1.165, 1.54) is 32.1 Å². The first-order valence-electron chi connectivity index (χ1n) is 6.42. The molecule has 1 aliphatic carbocycles. The van der Waals surface area contributed by atoms with E-state index in [2.05, 4.69) is 17.6 Å². The van der Waals surface area contributed by atoms with Gasteiger partial charge >= 0.3 is 0 Å². The zero-order chi connectivity index (χ0) is 10.5. The van der Waals surface area contributed by atoms with Crippen molar-refractivity contribution in [3.05, 3.63) is 0 Å². The van der Waals surface area contributed by atoms with Crippen LogP contribution in [-0.4, -0.2) is 37.9 Å². The van der Waals surface area contributed by atoms with Gasteiger partial charge in [0.2, 0.25) is 0 Å². The summed E-state index contributed by atoms with van der Waals surface area (Å²) in [5.74, 6) is 0. The molecule has 15 heavy (non-hydrogen) atoms. The minimum absolute atomic E-state index is 0.558. The number of rotatable bonds is 4. The van der Waals surface area contributed by atoms with Crippen LogP contribution in [0.15, 0.2) is 0 Å². The Kier molecular flexibility index (Phi) is 4.42. The Bertz CT molecular complexity index is 174. The normalized spacial score (nSPS) is 30.6. The number of hydrogen-bond acceptors (Lipinski definition) is 3. The third kappa shape index (κ3) is 3.74. The number of ether oxygens (including phenoxy) is 1. The largest absolute Gasteiger partial charge is 0.379 e. The van der Waals surface area contributed by atoms with Gasteiger partial charge in [0.25, 0.3) is 0 Å². The predicted molar refractivity (Wildman–Crippen MR) is 62.1 cm³/mol. The van der Waals surface area contributed by atoms with Crippen molar-refractivity contribution in [1.29, 1.82) is 0 Å². The molecule has 3 nitrogen and oxygen atoms in total. The van der Waals surface area contributed by atoms with Crippen molar-refractivity contribution in [2.24, 2.45) is 0 Å². The molecule has 0 aromatic rings. The first-order valence-corrected chi connectivity index (χ1v) is 6.42. The molecule has 3 heteroatoms. The van der Waals surface area contributed by atoms with Crippen molar-refractivity contribution in [3.63, 3.8) is 0 Å². The number of morpholine rings is 1. The van der Waals surface area contributed by atoms with E-state index in [-0.39, 0.29) is 0 Å². The molecule has 2 unspecified atom stereocenters.